The summed E-state index contributed by atoms with van der Waals surface area (Å²) in [6.45, 7) is 0.0410. The lowest BCUT2D eigenvalue weighted by atomic mass is 10.0. The van der Waals surface area contributed by atoms with Gasteiger partial charge in [0.25, 0.3) is 0 Å². The first kappa shape index (κ1) is 15.1. The SMILES string of the molecule is O=C(Cc1ccc(F)c(F)c1)N[C@@H]1COc2ccccc2C1=O. The number of hydrogen-bond donors (Lipinski definition) is 1. The smallest absolute Gasteiger partial charge is 0.225 e. The summed E-state index contributed by atoms with van der Waals surface area (Å²) in [7, 11) is 0. The number of halogens is 2. The van der Waals surface area contributed by atoms with Gasteiger partial charge in [0, 0.05) is 0 Å². The molecule has 0 aromatic heterocycles. The maximum absolute atomic E-state index is 13.1. The largest absolute Gasteiger partial charge is 0.490 e. The van der Waals surface area contributed by atoms with Gasteiger partial charge in [0.15, 0.2) is 17.4 Å². The first-order valence-electron chi connectivity index (χ1n) is 7.04. The van der Waals surface area contributed by atoms with Gasteiger partial charge in [-0.05, 0) is 29.8 Å². The molecule has 0 bridgehead atoms. The second-order valence-corrected chi connectivity index (χ2v) is 5.22. The van der Waals surface area contributed by atoms with Crippen molar-refractivity contribution in [1.29, 1.82) is 0 Å². The fraction of sp³-hybridized carbons (Fsp3) is 0.176. The number of nitrogens with one attached hydrogen (secondary N) is 1. The maximum Gasteiger partial charge on any atom is 0.225 e. The molecule has 2 aromatic carbocycles. The lowest BCUT2D eigenvalue weighted by Gasteiger charge is -2.24. The van der Waals surface area contributed by atoms with Crippen LogP contribution < -0.4 is 10.1 Å². The Morgan fingerprint density at radius 2 is 1.96 bits per heavy atom. The van der Waals surface area contributed by atoms with Crippen molar-refractivity contribution in [3.63, 3.8) is 0 Å². The zero-order valence-electron chi connectivity index (χ0n) is 12.0. The Balaban J connectivity index is 1.67. The molecule has 1 aliphatic rings. The van der Waals surface area contributed by atoms with Gasteiger partial charge in [0.1, 0.15) is 18.4 Å². The van der Waals surface area contributed by atoms with Gasteiger partial charge in [-0.25, -0.2) is 8.78 Å². The van der Waals surface area contributed by atoms with Crippen LogP contribution in [0.2, 0.25) is 0 Å². The second kappa shape index (κ2) is 6.16. The first-order valence-corrected chi connectivity index (χ1v) is 7.04. The molecule has 1 atom stereocenters. The molecule has 0 fully saturated rings. The van der Waals surface area contributed by atoms with Gasteiger partial charge in [-0.15, -0.1) is 0 Å². The van der Waals surface area contributed by atoms with Crippen LogP contribution in [0.4, 0.5) is 8.78 Å². The highest BCUT2D eigenvalue weighted by atomic mass is 19.2. The number of hydrogen-bond acceptors (Lipinski definition) is 3. The van der Waals surface area contributed by atoms with Crippen LogP contribution in [0.15, 0.2) is 42.5 Å². The van der Waals surface area contributed by atoms with Crippen molar-refractivity contribution < 1.29 is 23.1 Å². The van der Waals surface area contributed by atoms with Crippen LogP contribution in [0.5, 0.6) is 5.75 Å². The van der Waals surface area contributed by atoms with Crippen LogP contribution in [0, 0.1) is 11.6 Å². The molecular weight excluding hydrogens is 304 g/mol. The zero-order valence-corrected chi connectivity index (χ0v) is 12.0. The number of para-hydroxylation sites is 1. The van der Waals surface area contributed by atoms with Gasteiger partial charge < -0.3 is 10.1 Å². The van der Waals surface area contributed by atoms with Crippen molar-refractivity contribution in [2.45, 2.75) is 12.5 Å². The summed E-state index contributed by atoms with van der Waals surface area (Å²) in [5, 5.41) is 2.56. The highest BCUT2D eigenvalue weighted by molar-refractivity contribution is 6.05. The fourth-order valence-corrected chi connectivity index (χ4v) is 2.42. The summed E-state index contributed by atoms with van der Waals surface area (Å²) < 4.78 is 31.4. The van der Waals surface area contributed by atoms with E-state index in [-0.39, 0.29) is 18.8 Å². The van der Waals surface area contributed by atoms with Crippen molar-refractivity contribution in [2.75, 3.05) is 6.61 Å². The van der Waals surface area contributed by atoms with Gasteiger partial charge in [0.05, 0.1) is 12.0 Å². The Bertz CT molecular complexity index is 776. The van der Waals surface area contributed by atoms with Crippen molar-refractivity contribution >= 4 is 11.7 Å². The molecule has 0 radical (unpaired) electrons. The van der Waals surface area contributed by atoms with E-state index in [4.69, 9.17) is 4.74 Å². The summed E-state index contributed by atoms with van der Waals surface area (Å²) in [5.41, 5.74) is 0.739. The van der Waals surface area contributed by atoms with E-state index in [2.05, 4.69) is 5.32 Å². The summed E-state index contributed by atoms with van der Waals surface area (Å²) in [6, 6.07) is 9.25. The Kier molecular flexibility index (Phi) is 4.06. The molecule has 0 unspecified atom stereocenters. The highest BCUT2D eigenvalue weighted by Crippen LogP contribution is 2.24. The van der Waals surface area contributed by atoms with Crippen LogP contribution in [0.3, 0.4) is 0 Å². The molecule has 1 amide bonds. The van der Waals surface area contributed by atoms with E-state index < -0.39 is 23.6 Å². The van der Waals surface area contributed by atoms with Crippen LogP contribution in [0.25, 0.3) is 0 Å². The monoisotopic (exact) mass is 317 g/mol. The molecule has 23 heavy (non-hydrogen) atoms. The van der Waals surface area contributed by atoms with Gasteiger partial charge >= 0.3 is 0 Å². The summed E-state index contributed by atoms with van der Waals surface area (Å²) in [4.78, 5) is 24.3. The molecule has 0 aliphatic carbocycles. The minimum atomic E-state index is -1.01. The standard InChI is InChI=1S/C17H13F2NO3/c18-12-6-5-10(7-13(12)19)8-16(21)20-14-9-23-15-4-2-1-3-11(15)17(14)22/h1-7,14H,8-9H2,(H,20,21)/t14-/m1/s1. The third kappa shape index (κ3) is 3.21. The predicted octanol–water partition coefficient (Wildman–Crippen LogP) is 2.27. The fourth-order valence-electron chi connectivity index (χ4n) is 2.42. The number of rotatable bonds is 3. The van der Waals surface area contributed by atoms with Crippen molar-refractivity contribution in [3.05, 3.63) is 65.2 Å². The highest BCUT2D eigenvalue weighted by Gasteiger charge is 2.29. The minimum Gasteiger partial charge on any atom is -0.490 e. The first-order chi connectivity index (χ1) is 11.0. The van der Waals surface area contributed by atoms with E-state index in [1.54, 1.807) is 24.3 Å². The van der Waals surface area contributed by atoms with E-state index in [9.17, 15) is 18.4 Å². The van der Waals surface area contributed by atoms with E-state index in [0.717, 1.165) is 12.1 Å². The number of ketones is 1. The van der Waals surface area contributed by atoms with Crippen LogP contribution in [0.1, 0.15) is 15.9 Å². The maximum atomic E-state index is 13.1. The molecule has 1 heterocycles. The summed E-state index contributed by atoms with van der Waals surface area (Å²) in [6.07, 6.45) is -0.150. The van der Waals surface area contributed by atoms with Gasteiger partial charge in [-0.3, -0.25) is 9.59 Å². The number of ether oxygens (including phenoxy) is 1. The number of benzene rings is 2. The van der Waals surface area contributed by atoms with Gasteiger partial charge in [0.2, 0.25) is 5.91 Å². The van der Waals surface area contributed by atoms with Gasteiger partial charge in [-0.2, -0.15) is 0 Å². The van der Waals surface area contributed by atoms with E-state index in [0.29, 0.717) is 16.9 Å². The van der Waals surface area contributed by atoms with E-state index >= 15 is 0 Å². The molecule has 2 aromatic rings. The van der Waals surface area contributed by atoms with Crippen LogP contribution in [-0.2, 0) is 11.2 Å². The lowest BCUT2D eigenvalue weighted by molar-refractivity contribution is -0.121. The molecule has 0 saturated heterocycles. The lowest BCUT2D eigenvalue weighted by Crippen LogP contribution is -2.47. The topological polar surface area (TPSA) is 55.4 Å². The van der Waals surface area contributed by atoms with Crippen molar-refractivity contribution in [1.82, 2.24) is 5.32 Å². The van der Waals surface area contributed by atoms with Crippen LogP contribution >= 0.6 is 0 Å². The second-order valence-electron chi connectivity index (χ2n) is 5.22. The summed E-state index contributed by atoms with van der Waals surface area (Å²) >= 11 is 0. The molecule has 1 N–H and O–H groups in total. The number of amides is 1. The molecule has 1 aliphatic heterocycles. The molecule has 0 spiro atoms. The van der Waals surface area contributed by atoms with Crippen molar-refractivity contribution in [2.24, 2.45) is 0 Å². The third-order valence-corrected chi connectivity index (χ3v) is 3.56. The minimum absolute atomic E-state index is 0.0410. The average molecular weight is 317 g/mol. The Morgan fingerprint density at radius 1 is 1.17 bits per heavy atom. The molecule has 3 rings (SSSR count). The number of fused-ring (bicyclic) bond motifs is 1. The molecule has 0 saturated carbocycles. The van der Waals surface area contributed by atoms with Crippen LogP contribution in [-0.4, -0.2) is 24.3 Å². The molecule has 6 heteroatoms. The average Bonchev–Trinajstić information content (AvgIpc) is 2.54. The number of carbonyl (C=O) groups excluding carboxylic acids is 2. The van der Waals surface area contributed by atoms with E-state index in [1.807, 2.05) is 0 Å². The quantitative estimate of drug-likeness (QED) is 0.945. The zero-order chi connectivity index (χ0) is 16.4. The molecule has 118 valence electrons. The van der Waals surface area contributed by atoms with Gasteiger partial charge in [-0.1, -0.05) is 18.2 Å². The normalized spacial score (nSPS) is 16.4. The van der Waals surface area contributed by atoms with E-state index in [1.165, 1.54) is 6.07 Å². The molecular formula is C17H13F2NO3. The Labute approximate surface area is 131 Å². The Hall–Kier alpha value is -2.76. The third-order valence-electron chi connectivity index (χ3n) is 3.56. The number of Topliss-reactive ketones (excluding diaryl/α,β-unsaturated/α-hetero) is 1. The number of carbonyl (C=O) groups is 2. The van der Waals surface area contributed by atoms with Crippen molar-refractivity contribution in [3.8, 4) is 5.75 Å². The predicted molar refractivity (Wildman–Crippen MR) is 78.3 cm³/mol. The summed E-state index contributed by atoms with van der Waals surface area (Å²) in [5.74, 6) is -2.19. The Morgan fingerprint density at radius 3 is 2.74 bits per heavy atom. The molecule has 4 nitrogen and oxygen atoms in total.